The number of halogens is 3. The summed E-state index contributed by atoms with van der Waals surface area (Å²) in [7, 11) is 0. The van der Waals surface area contributed by atoms with Crippen LogP contribution in [0.25, 0.3) is 0 Å². The second-order valence-corrected chi connectivity index (χ2v) is 7.44. The standard InChI is InChI=1S/C15H21F3O/c16-15(17,18)12(19)6-9-4-10-5-11(9)14-8-2-1-7(3-8)13(10)14/h7-14,19H,1-6H2. The second kappa shape index (κ2) is 3.90. The summed E-state index contributed by atoms with van der Waals surface area (Å²) in [4.78, 5) is 0. The maximum atomic E-state index is 12.5. The number of aliphatic hydroxyl groups excluding tert-OH is 1. The fourth-order valence-corrected chi connectivity index (χ4v) is 6.39. The third kappa shape index (κ3) is 1.71. The molecule has 4 saturated carbocycles. The topological polar surface area (TPSA) is 20.2 Å². The number of fused-ring (bicyclic) bond motifs is 9. The Morgan fingerprint density at radius 2 is 1.63 bits per heavy atom. The molecule has 4 rings (SSSR count). The van der Waals surface area contributed by atoms with Gasteiger partial charge in [0.1, 0.15) is 6.10 Å². The minimum absolute atomic E-state index is 0.0503. The van der Waals surface area contributed by atoms with Crippen LogP contribution < -0.4 is 0 Å². The van der Waals surface area contributed by atoms with Gasteiger partial charge in [-0.3, -0.25) is 0 Å². The Bertz CT molecular complexity index is 380. The zero-order chi connectivity index (χ0) is 13.4. The van der Waals surface area contributed by atoms with E-state index in [1.54, 1.807) is 0 Å². The van der Waals surface area contributed by atoms with Gasteiger partial charge in [0.05, 0.1) is 0 Å². The maximum Gasteiger partial charge on any atom is 0.414 e. The average molecular weight is 274 g/mol. The lowest BCUT2D eigenvalue weighted by Crippen LogP contribution is -2.37. The van der Waals surface area contributed by atoms with E-state index >= 15 is 0 Å². The molecule has 0 heterocycles. The van der Waals surface area contributed by atoms with Crippen LogP contribution in [-0.4, -0.2) is 17.4 Å². The van der Waals surface area contributed by atoms with E-state index in [4.69, 9.17) is 0 Å². The molecule has 4 heteroatoms. The number of alkyl halides is 3. The third-order valence-electron chi connectivity index (χ3n) is 6.78. The van der Waals surface area contributed by atoms with E-state index < -0.39 is 12.3 Å². The van der Waals surface area contributed by atoms with Crippen molar-refractivity contribution in [1.82, 2.24) is 0 Å². The van der Waals surface area contributed by atoms with Crippen LogP contribution >= 0.6 is 0 Å². The van der Waals surface area contributed by atoms with Gasteiger partial charge in [-0.25, -0.2) is 0 Å². The Morgan fingerprint density at radius 3 is 2.32 bits per heavy atom. The van der Waals surface area contributed by atoms with E-state index in [2.05, 4.69) is 0 Å². The molecular formula is C15H21F3O. The zero-order valence-electron chi connectivity index (χ0n) is 10.9. The Hall–Kier alpha value is -0.250. The van der Waals surface area contributed by atoms with E-state index in [9.17, 15) is 18.3 Å². The highest BCUT2D eigenvalue weighted by Crippen LogP contribution is 2.69. The summed E-state index contributed by atoms with van der Waals surface area (Å²) < 4.78 is 37.5. The first-order valence-corrected chi connectivity index (χ1v) is 7.70. The predicted molar refractivity (Wildman–Crippen MR) is 64.2 cm³/mol. The van der Waals surface area contributed by atoms with Gasteiger partial charge in [-0.05, 0) is 80.0 Å². The van der Waals surface area contributed by atoms with Gasteiger partial charge in [0.2, 0.25) is 0 Å². The fraction of sp³-hybridized carbons (Fsp3) is 1.00. The van der Waals surface area contributed by atoms with Crippen molar-refractivity contribution in [3.05, 3.63) is 0 Å². The summed E-state index contributed by atoms with van der Waals surface area (Å²) >= 11 is 0. The largest absolute Gasteiger partial charge is 0.414 e. The molecule has 4 aliphatic rings. The van der Waals surface area contributed by atoms with Crippen LogP contribution in [0.3, 0.4) is 0 Å². The highest BCUT2D eigenvalue weighted by Gasteiger charge is 2.62. The Labute approximate surface area is 111 Å². The highest BCUT2D eigenvalue weighted by atomic mass is 19.4. The molecule has 108 valence electrons. The number of aliphatic hydroxyl groups is 1. The molecule has 19 heavy (non-hydrogen) atoms. The van der Waals surface area contributed by atoms with Gasteiger partial charge in [0.25, 0.3) is 0 Å². The van der Waals surface area contributed by atoms with Gasteiger partial charge in [-0.2, -0.15) is 13.2 Å². The molecule has 8 unspecified atom stereocenters. The Morgan fingerprint density at radius 1 is 0.947 bits per heavy atom. The van der Waals surface area contributed by atoms with Crippen LogP contribution in [0, 0.1) is 41.4 Å². The summed E-state index contributed by atoms with van der Waals surface area (Å²) in [6.07, 6.45) is -0.472. The number of hydrogen-bond donors (Lipinski definition) is 1. The molecule has 1 N–H and O–H groups in total. The summed E-state index contributed by atoms with van der Waals surface area (Å²) in [5.41, 5.74) is 0. The lowest BCUT2D eigenvalue weighted by molar-refractivity contribution is -0.210. The number of hydrogen-bond acceptors (Lipinski definition) is 1. The van der Waals surface area contributed by atoms with Crippen LogP contribution in [0.2, 0.25) is 0 Å². The normalized spacial score (nSPS) is 52.7. The predicted octanol–water partition coefficient (Wildman–Crippen LogP) is 3.62. The van der Waals surface area contributed by atoms with E-state index in [-0.39, 0.29) is 12.3 Å². The van der Waals surface area contributed by atoms with Crippen LogP contribution in [0.4, 0.5) is 13.2 Å². The summed E-state index contributed by atoms with van der Waals surface area (Å²) in [6.45, 7) is 0. The summed E-state index contributed by atoms with van der Waals surface area (Å²) in [6, 6.07) is 0. The molecule has 0 spiro atoms. The first-order chi connectivity index (χ1) is 8.95. The monoisotopic (exact) mass is 274 g/mol. The molecule has 0 radical (unpaired) electrons. The first-order valence-electron chi connectivity index (χ1n) is 7.70. The van der Waals surface area contributed by atoms with E-state index in [0.717, 1.165) is 30.6 Å². The van der Waals surface area contributed by atoms with Crippen LogP contribution in [0.1, 0.15) is 38.5 Å². The average Bonchev–Trinajstić information content (AvgIpc) is 3.05. The van der Waals surface area contributed by atoms with Crippen molar-refractivity contribution < 1.29 is 18.3 Å². The molecule has 4 aliphatic carbocycles. The first kappa shape index (κ1) is 12.5. The Balaban J connectivity index is 1.48. The molecule has 0 aromatic heterocycles. The second-order valence-electron chi connectivity index (χ2n) is 7.44. The van der Waals surface area contributed by atoms with Gasteiger partial charge in [0, 0.05) is 0 Å². The quantitative estimate of drug-likeness (QED) is 0.763. The molecular weight excluding hydrogens is 253 g/mol. The lowest BCUT2D eigenvalue weighted by atomic mass is 9.66. The maximum absolute atomic E-state index is 12.5. The van der Waals surface area contributed by atoms with Crippen molar-refractivity contribution in [3.63, 3.8) is 0 Å². The molecule has 1 nitrogen and oxygen atoms in total. The smallest absolute Gasteiger partial charge is 0.384 e. The number of rotatable bonds is 2. The van der Waals surface area contributed by atoms with E-state index in [1.807, 2.05) is 0 Å². The van der Waals surface area contributed by atoms with Crippen LogP contribution in [-0.2, 0) is 0 Å². The third-order valence-corrected chi connectivity index (χ3v) is 6.78. The van der Waals surface area contributed by atoms with E-state index in [1.165, 1.54) is 19.3 Å². The fourth-order valence-electron chi connectivity index (χ4n) is 6.39. The van der Waals surface area contributed by atoms with Crippen LogP contribution in [0.5, 0.6) is 0 Å². The molecule has 0 amide bonds. The molecule has 8 atom stereocenters. The van der Waals surface area contributed by atoms with E-state index in [0.29, 0.717) is 17.8 Å². The van der Waals surface area contributed by atoms with Crippen molar-refractivity contribution >= 4 is 0 Å². The zero-order valence-corrected chi connectivity index (χ0v) is 10.9. The van der Waals surface area contributed by atoms with Gasteiger partial charge in [0.15, 0.2) is 0 Å². The van der Waals surface area contributed by atoms with Crippen LogP contribution in [0.15, 0.2) is 0 Å². The molecule has 0 saturated heterocycles. The van der Waals surface area contributed by atoms with Gasteiger partial charge < -0.3 is 5.11 Å². The lowest BCUT2D eigenvalue weighted by Gasteiger charge is -2.39. The molecule has 4 fully saturated rings. The molecule has 4 bridgehead atoms. The minimum Gasteiger partial charge on any atom is -0.384 e. The SMILES string of the molecule is OC(CC1CC2CC1C1C3CCC(C3)C21)C(F)(F)F. The molecule has 0 aliphatic heterocycles. The summed E-state index contributed by atoms with van der Waals surface area (Å²) in [5, 5.41) is 9.32. The minimum atomic E-state index is -4.43. The van der Waals surface area contributed by atoms with Gasteiger partial charge in [-0.15, -0.1) is 0 Å². The summed E-state index contributed by atoms with van der Waals surface area (Å²) in [5.74, 6) is 4.53. The molecule has 0 aromatic rings. The van der Waals surface area contributed by atoms with Crippen molar-refractivity contribution in [3.8, 4) is 0 Å². The Kier molecular flexibility index (Phi) is 2.56. The highest BCUT2D eigenvalue weighted by molar-refractivity contribution is 5.10. The van der Waals surface area contributed by atoms with Crippen molar-refractivity contribution in [2.75, 3.05) is 0 Å². The van der Waals surface area contributed by atoms with Crippen molar-refractivity contribution in [2.45, 2.75) is 50.8 Å². The van der Waals surface area contributed by atoms with Gasteiger partial charge in [-0.1, -0.05) is 0 Å². The van der Waals surface area contributed by atoms with Crippen molar-refractivity contribution in [2.24, 2.45) is 41.4 Å². The molecule has 0 aromatic carbocycles. The van der Waals surface area contributed by atoms with Crippen molar-refractivity contribution in [1.29, 1.82) is 0 Å². The van der Waals surface area contributed by atoms with Gasteiger partial charge >= 0.3 is 6.18 Å².